The molecule has 51 heteroatoms. The molecule has 1 unspecified atom stereocenters. The molecule has 0 aliphatic heterocycles. The van der Waals surface area contributed by atoms with Gasteiger partial charge >= 0.3 is 5.97 Å². The van der Waals surface area contributed by atoms with Gasteiger partial charge in [-0.3, -0.25) is 18.5 Å². The van der Waals surface area contributed by atoms with E-state index in [1.54, 1.807) is 178 Å². The van der Waals surface area contributed by atoms with Gasteiger partial charge in [0.05, 0.1) is 139 Å². The Labute approximate surface area is 854 Å². The van der Waals surface area contributed by atoms with Crippen LogP contribution < -0.4 is 39.8 Å². The first kappa shape index (κ1) is 108. The van der Waals surface area contributed by atoms with Crippen LogP contribution >= 0.6 is 0 Å². The quantitative estimate of drug-likeness (QED) is 0.00729. The number of anilines is 6. The first-order chi connectivity index (χ1) is 71.7. The van der Waals surface area contributed by atoms with Gasteiger partial charge in [0.15, 0.2) is 11.1 Å². The van der Waals surface area contributed by atoms with E-state index in [1.807, 2.05) is 6.07 Å². The number of hydrogen-bond acceptors (Lipinski definition) is 42. The molecule has 0 saturated heterocycles. The normalized spacial score (nSPS) is 12.3. The van der Waals surface area contributed by atoms with Gasteiger partial charge in [0, 0.05) is 74.3 Å². The minimum atomic E-state index is -4.93. The fourth-order valence-electron chi connectivity index (χ4n) is 13.8. The van der Waals surface area contributed by atoms with Crippen molar-refractivity contribution in [2.24, 2.45) is 81.8 Å². The van der Waals surface area contributed by atoms with Gasteiger partial charge in [0.2, 0.25) is 23.8 Å². The number of ether oxygens (including phenoxy) is 4. The second-order valence-corrected chi connectivity index (χ2v) is 37.3. The number of azo groups is 8. The molecule has 12 N–H and O–H groups in total. The summed E-state index contributed by atoms with van der Waals surface area (Å²) in [7, 11) is -13.8. The summed E-state index contributed by atoms with van der Waals surface area (Å²) in [5.41, 5.74) is 7.98. The predicted octanol–water partition coefficient (Wildman–Crippen LogP) is 21.9. The third-order valence-corrected chi connectivity index (χ3v) is 24.4. The van der Waals surface area contributed by atoms with Crippen LogP contribution in [0, 0.1) is 27.7 Å². The lowest BCUT2D eigenvalue weighted by atomic mass is 10.0. The fourth-order valence-corrected chi connectivity index (χ4v) is 15.9. The molecule has 12 aromatic carbocycles. The smallest absolute Gasteiger partial charge is 0.303 e. The van der Waals surface area contributed by atoms with Crippen molar-refractivity contribution in [3.63, 3.8) is 0 Å². The number of benzene rings is 12. The van der Waals surface area contributed by atoms with Crippen LogP contribution in [0.2, 0.25) is 0 Å². The van der Waals surface area contributed by atoms with Gasteiger partial charge in [0.1, 0.15) is 70.7 Å². The Hall–Kier alpha value is -17.0. The van der Waals surface area contributed by atoms with Gasteiger partial charge in [-0.05, 0) is 238 Å². The summed E-state index contributed by atoms with van der Waals surface area (Å²) in [6, 6.07) is 62.1. The number of aliphatic hydroxyl groups excluding tert-OH is 4. The van der Waals surface area contributed by atoms with Crippen molar-refractivity contribution >= 4 is 174 Å². The van der Waals surface area contributed by atoms with Gasteiger partial charge < -0.3 is 69.9 Å². The van der Waals surface area contributed by atoms with Crippen molar-refractivity contribution in [2.45, 2.75) is 73.0 Å². The summed E-state index contributed by atoms with van der Waals surface area (Å²) in [4.78, 5) is 41.8. The maximum atomic E-state index is 12.9. The molecular weight excluding hydrogens is 2010 g/mol. The Kier molecular flexibility index (Phi) is 37.0. The highest BCUT2D eigenvalue weighted by Gasteiger charge is 2.25. The van der Waals surface area contributed by atoms with Crippen LogP contribution in [-0.4, -0.2) is 182 Å². The van der Waals surface area contributed by atoms with E-state index in [1.165, 1.54) is 84.9 Å². The maximum Gasteiger partial charge on any atom is 0.303 e. The predicted molar refractivity (Wildman–Crippen MR) is 548 cm³/mol. The van der Waals surface area contributed by atoms with Crippen molar-refractivity contribution in [2.75, 3.05) is 93.3 Å². The molecule has 0 bridgehead atoms. The number of nitrogens with zero attached hydrogens (tertiary/aromatic N) is 23. The van der Waals surface area contributed by atoms with Gasteiger partial charge in [-0.15, -0.1) is 10.2 Å². The summed E-state index contributed by atoms with van der Waals surface area (Å²) in [5, 5.41) is 130. The van der Waals surface area contributed by atoms with Crippen molar-refractivity contribution in [1.29, 1.82) is 0 Å². The zero-order valence-electron chi connectivity index (χ0n) is 79.5. The molecule has 0 saturated carbocycles. The van der Waals surface area contributed by atoms with E-state index in [2.05, 4.69) is 97.8 Å². The molecule has 14 aromatic rings. The Morgan fingerprint density at radius 3 is 1.11 bits per heavy atom. The molecule has 1 atom stereocenters. The Morgan fingerprint density at radius 2 is 0.705 bits per heavy atom. The fraction of sp³-hybridized carbons (Fsp3) is 0.194. The van der Waals surface area contributed by atoms with E-state index in [-0.39, 0.29) is 190 Å². The van der Waals surface area contributed by atoms with Crippen LogP contribution in [0.1, 0.15) is 57.9 Å². The lowest BCUT2D eigenvalue weighted by molar-refractivity contribution is -0.137. The minimum Gasteiger partial charge on any atom is -0.491 e. The molecule has 14 rings (SSSR count). The molecule has 766 valence electrons. The van der Waals surface area contributed by atoms with E-state index in [0.29, 0.717) is 90.3 Å². The highest BCUT2D eigenvalue weighted by Crippen LogP contribution is 2.43. The molecular formula is C98H94N26O21S4. The standard InChI is InChI=1S/C98H94N26O21S4/c1-60-48-64(86(143-45-41-126)56-80(60)120-114-70-21-17-68(18-22-70)110-112-72-25-31-76(32-26-72)147(133,134)135)52-92-102-93(53-65-49-61(2)81(57-87(65)144-46-42-127)123-119-79-36-30-75(55-91(79)149(139,140)141)117-109-67-14-9-6-10-15-67)104-95(103-92)99-37-38-124(39-40-125)98-106-96(100-84-50-62(3)82(58-88(84)142-44-11-16-94(129)130)121-115-71-23-19-69(20-24-71)111-113-73-27-33-77(34-28-73)148(136,137)138)105-97(107-98)101-85-51-63(4)83(59-89(85)145-47-43-128)122-118-78-35-29-74(54-90(78)146(131)132)116-108-66-12-7-5-8-13-66/h5-10,12-15,17-36,48-51,54-59,125-128H,11,16,37-47,52-53H2,1-4H3,(H,129,130)(H,131,132)(H,133,134,135)(H,136,137,138)(H,139,140,141)(H,99,102,103,104)(H2,100,101,105,106,107). The summed E-state index contributed by atoms with van der Waals surface area (Å²) in [6.07, 6.45) is -0.347. The first-order valence-corrected chi connectivity index (χ1v) is 50.6. The zero-order valence-corrected chi connectivity index (χ0v) is 82.8. The van der Waals surface area contributed by atoms with Crippen molar-refractivity contribution in [3.8, 4) is 23.0 Å². The summed E-state index contributed by atoms with van der Waals surface area (Å²) in [5.74, 6) is -0.479. The molecule has 0 radical (unpaired) electrons. The van der Waals surface area contributed by atoms with Gasteiger partial charge in [-0.2, -0.15) is 122 Å². The van der Waals surface area contributed by atoms with Crippen LogP contribution in [0.15, 0.2) is 344 Å². The molecule has 2 heterocycles. The Balaban J connectivity index is 0.811. The second-order valence-electron chi connectivity index (χ2n) is 32.1. The van der Waals surface area contributed by atoms with Crippen molar-refractivity contribution in [3.05, 3.63) is 288 Å². The highest BCUT2D eigenvalue weighted by atomic mass is 32.2. The van der Waals surface area contributed by atoms with E-state index >= 15 is 0 Å². The van der Waals surface area contributed by atoms with Crippen LogP contribution in [0.5, 0.6) is 23.0 Å². The monoisotopic (exact) mass is 2100 g/mol. The number of carboxylic acid groups (broad SMARTS) is 1. The molecule has 0 aliphatic rings. The molecule has 0 fully saturated rings. The van der Waals surface area contributed by atoms with Crippen LogP contribution in [-0.2, 0) is 59.1 Å². The van der Waals surface area contributed by atoms with Gasteiger partial charge in [-0.1, -0.05) is 36.4 Å². The molecule has 0 amide bonds. The SMILES string of the molecule is Cc1cc(Cc2nc(Cc3cc(C)c(N=Nc4ccc(N=Nc5ccccc5)cc4S(=O)(=O)O)cc3OCCO)nc(NCCN(CCO)c3nc(Nc4cc(C)c(N=Nc5ccc(N=Nc6ccccc6)cc5S(=O)O)cc4OCCO)nc(Nc4cc(C)c(N=Nc5ccc(N=Nc6ccc(S(=O)(=O)O)cc6)cc5)cc4OCCCC(=O)O)n3)n2)c(OCCO)cc1N=Nc1ccc(N=Nc2ccc(S(=O)(=O)O)cc2)cc1. The largest absolute Gasteiger partial charge is 0.491 e. The summed E-state index contributed by atoms with van der Waals surface area (Å²) in [6.45, 7) is 4.18. The third-order valence-electron chi connectivity index (χ3n) is 21.1. The van der Waals surface area contributed by atoms with E-state index in [4.69, 9.17) is 48.9 Å². The number of aromatic nitrogens is 6. The second kappa shape index (κ2) is 51.2. The number of aliphatic hydroxyl groups is 4. The number of hydrogen-bond donors (Lipinski definition) is 12. The number of carboxylic acids is 1. The lowest BCUT2D eigenvalue weighted by Crippen LogP contribution is -2.34. The Morgan fingerprint density at radius 1 is 0.356 bits per heavy atom. The molecule has 0 spiro atoms. The minimum absolute atomic E-state index is 0.00837. The number of aliphatic carboxylic acids is 1. The zero-order chi connectivity index (χ0) is 106. The molecule has 47 nitrogen and oxygen atoms in total. The van der Waals surface area contributed by atoms with Gasteiger partial charge in [0.25, 0.3) is 30.4 Å². The lowest BCUT2D eigenvalue weighted by Gasteiger charge is -2.23. The number of aryl methyl sites for hydroxylation is 4. The van der Waals surface area contributed by atoms with Crippen LogP contribution in [0.25, 0.3) is 0 Å². The summed E-state index contributed by atoms with van der Waals surface area (Å²) < 4.78 is 150. The maximum absolute atomic E-state index is 12.9. The number of nitrogens with one attached hydrogen (secondary N) is 3. The number of carbonyl (C=O) groups is 1. The first-order valence-electron chi connectivity index (χ1n) is 45.2. The third kappa shape index (κ3) is 31.5. The van der Waals surface area contributed by atoms with Gasteiger partial charge in [-0.25, -0.2) is 9.19 Å². The van der Waals surface area contributed by atoms with E-state index in [0.717, 1.165) is 6.07 Å². The van der Waals surface area contributed by atoms with E-state index < -0.39 is 78.7 Å². The van der Waals surface area contributed by atoms with Crippen LogP contribution in [0.4, 0.5) is 126 Å². The molecule has 149 heavy (non-hydrogen) atoms. The molecule has 0 aliphatic carbocycles. The Bertz CT molecular complexity index is 7810. The van der Waals surface area contributed by atoms with Crippen LogP contribution in [0.3, 0.4) is 0 Å². The average molecular weight is 2100 g/mol. The molecule has 2 aromatic heterocycles. The average Bonchev–Trinajstić information content (AvgIpc) is 0.751. The van der Waals surface area contributed by atoms with Crippen molar-refractivity contribution < 1.29 is 96.9 Å². The topological polar surface area (TPSA) is 670 Å². The van der Waals surface area contributed by atoms with E-state index in [9.17, 15) is 78.0 Å². The highest BCUT2D eigenvalue weighted by molar-refractivity contribution is 7.86. The van der Waals surface area contributed by atoms with Crippen molar-refractivity contribution in [1.82, 2.24) is 29.9 Å². The number of rotatable bonds is 49. The summed E-state index contributed by atoms with van der Waals surface area (Å²) >= 11 is -2.57.